The third-order valence-corrected chi connectivity index (χ3v) is 3.60. The molecule has 0 bridgehead atoms. The van der Waals surface area contributed by atoms with Crippen LogP contribution in [0.3, 0.4) is 0 Å². The minimum Gasteiger partial charge on any atom is -0.376 e. The highest BCUT2D eigenvalue weighted by Gasteiger charge is 2.03. The molecule has 4 N–H and O–H groups in total. The molecule has 0 aliphatic rings. The largest absolute Gasteiger partial charge is 0.376 e. The first-order chi connectivity index (χ1) is 11.0. The van der Waals surface area contributed by atoms with Crippen molar-refractivity contribution >= 4 is 50.5 Å². The number of anilines is 2. The number of hydrazine groups is 1. The van der Waals surface area contributed by atoms with E-state index in [1.54, 1.807) is 0 Å². The molecule has 0 aromatic heterocycles. The second-order valence-corrected chi connectivity index (χ2v) is 6.18. The van der Waals surface area contributed by atoms with Gasteiger partial charge in [0.1, 0.15) is 0 Å². The molecule has 2 rings (SSSR count). The van der Waals surface area contributed by atoms with Gasteiger partial charge in [0.05, 0.1) is 6.54 Å². The molecule has 2 aromatic rings. The van der Waals surface area contributed by atoms with Crippen LogP contribution in [0.1, 0.15) is 5.56 Å². The van der Waals surface area contributed by atoms with E-state index < -0.39 is 0 Å². The zero-order valence-corrected chi connectivity index (χ0v) is 14.9. The maximum Gasteiger partial charge on any atom is 0.257 e. The molecular weight excluding hydrogens is 376 g/mol. The first kappa shape index (κ1) is 17.2. The lowest BCUT2D eigenvalue weighted by molar-refractivity contribution is -0.119. The van der Waals surface area contributed by atoms with Gasteiger partial charge in [0.25, 0.3) is 5.91 Å². The highest BCUT2D eigenvalue weighted by molar-refractivity contribution is 9.10. The third-order valence-electron chi connectivity index (χ3n) is 2.90. The Morgan fingerprint density at radius 3 is 2.52 bits per heavy atom. The molecule has 5 nitrogen and oxygen atoms in total. The van der Waals surface area contributed by atoms with Gasteiger partial charge in [0.15, 0.2) is 5.11 Å². The van der Waals surface area contributed by atoms with E-state index in [0.29, 0.717) is 5.11 Å². The number of aryl methyl sites for hydroxylation is 1. The molecule has 7 heteroatoms. The maximum atomic E-state index is 11.8. The normalized spacial score (nSPS) is 9.83. The summed E-state index contributed by atoms with van der Waals surface area (Å²) >= 11 is 8.50. The second-order valence-electron chi connectivity index (χ2n) is 4.86. The first-order valence-corrected chi connectivity index (χ1v) is 8.15. The van der Waals surface area contributed by atoms with Crippen molar-refractivity contribution in [2.45, 2.75) is 6.92 Å². The van der Waals surface area contributed by atoms with E-state index in [4.69, 9.17) is 12.2 Å². The SMILES string of the molecule is Cc1ccc(NCC(=O)NNC(=S)Nc2cccc(Br)c2)cc1. The van der Waals surface area contributed by atoms with Gasteiger partial charge in [0, 0.05) is 15.8 Å². The van der Waals surface area contributed by atoms with Crippen LogP contribution in [0.5, 0.6) is 0 Å². The summed E-state index contributed by atoms with van der Waals surface area (Å²) in [6.45, 7) is 2.16. The standard InChI is InChI=1S/C16H17BrN4OS/c1-11-5-7-13(8-6-11)18-10-15(22)20-21-16(23)19-14-4-2-3-12(17)9-14/h2-9,18H,10H2,1H3,(H,20,22)(H2,19,21,23). The van der Waals surface area contributed by atoms with E-state index in [9.17, 15) is 4.79 Å². The summed E-state index contributed by atoms with van der Waals surface area (Å²) in [7, 11) is 0. The highest BCUT2D eigenvalue weighted by Crippen LogP contribution is 2.15. The molecule has 120 valence electrons. The zero-order valence-electron chi connectivity index (χ0n) is 12.5. The van der Waals surface area contributed by atoms with Gasteiger partial charge in [-0.05, 0) is 49.5 Å². The van der Waals surface area contributed by atoms with E-state index >= 15 is 0 Å². The monoisotopic (exact) mass is 392 g/mol. The fourth-order valence-corrected chi connectivity index (χ4v) is 2.32. The number of thiocarbonyl (C=S) groups is 1. The minimum atomic E-state index is -0.219. The summed E-state index contributed by atoms with van der Waals surface area (Å²) in [6.07, 6.45) is 0. The van der Waals surface area contributed by atoms with Crippen molar-refractivity contribution in [3.8, 4) is 0 Å². The van der Waals surface area contributed by atoms with Crippen molar-refractivity contribution in [2.75, 3.05) is 17.2 Å². The molecule has 0 saturated heterocycles. The average Bonchev–Trinajstić information content (AvgIpc) is 2.52. The van der Waals surface area contributed by atoms with E-state index in [1.165, 1.54) is 5.56 Å². The molecule has 0 heterocycles. The van der Waals surface area contributed by atoms with Gasteiger partial charge in [-0.15, -0.1) is 0 Å². The van der Waals surface area contributed by atoms with E-state index in [1.807, 2.05) is 55.5 Å². The van der Waals surface area contributed by atoms with Crippen molar-refractivity contribution < 1.29 is 4.79 Å². The lowest BCUT2D eigenvalue weighted by Gasteiger charge is -2.12. The number of benzene rings is 2. The molecule has 23 heavy (non-hydrogen) atoms. The van der Waals surface area contributed by atoms with Crippen molar-refractivity contribution in [2.24, 2.45) is 0 Å². The lowest BCUT2D eigenvalue weighted by Crippen LogP contribution is -2.45. The Hall–Kier alpha value is -2.12. The Labute approximate surface area is 149 Å². The number of amides is 1. The molecule has 0 radical (unpaired) electrons. The Bertz CT molecular complexity index is 691. The number of nitrogens with one attached hydrogen (secondary N) is 4. The Balaban J connectivity index is 1.71. The predicted molar refractivity (Wildman–Crippen MR) is 101 cm³/mol. The molecule has 0 aliphatic heterocycles. The van der Waals surface area contributed by atoms with Gasteiger partial charge in [-0.3, -0.25) is 15.6 Å². The van der Waals surface area contributed by atoms with Crippen LogP contribution >= 0.6 is 28.1 Å². The smallest absolute Gasteiger partial charge is 0.257 e. The molecular formula is C16H17BrN4OS. The van der Waals surface area contributed by atoms with Crippen LogP contribution in [-0.4, -0.2) is 17.6 Å². The van der Waals surface area contributed by atoms with Crippen LogP contribution in [0.2, 0.25) is 0 Å². The minimum absolute atomic E-state index is 0.148. The van der Waals surface area contributed by atoms with Gasteiger partial charge in [-0.1, -0.05) is 39.7 Å². The number of carbonyl (C=O) groups excluding carboxylic acids is 1. The number of rotatable bonds is 4. The molecule has 1 amide bonds. The summed E-state index contributed by atoms with van der Waals surface area (Å²) in [6, 6.07) is 15.4. The number of halogens is 1. The zero-order chi connectivity index (χ0) is 16.7. The quantitative estimate of drug-likeness (QED) is 0.475. The van der Waals surface area contributed by atoms with Crippen LogP contribution in [0.4, 0.5) is 11.4 Å². The van der Waals surface area contributed by atoms with E-state index in [-0.39, 0.29) is 12.5 Å². The summed E-state index contributed by atoms with van der Waals surface area (Å²) in [5, 5.41) is 6.32. The van der Waals surface area contributed by atoms with Gasteiger partial charge in [-0.25, -0.2) is 0 Å². The average molecular weight is 393 g/mol. The van der Waals surface area contributed by atoms with Gasteiger partial charge in [0.2, 0.25) is 0 Å². The number of hydrogen-bond acceptors (Lipinski definition) is 3. The summed E-state index contributed by atoms with van der Waals surface area (Å²) in [5.41, 5.74) is 8.08. The maximum absolute atomic E-state index is 11.8. The molecule has 0 unspecified atom stereocenters. The molecule has 0 fully saturated rings. The topological polar surface area (TPSA) is 65.2 Å². The molecule has 0 spiro atoms. The van der Waals surface area contributed by atoms with Crippen molar-refractivity contribution in [3.63, 3.8) is 0 Å². The van der Waals surface area contributed by atoms with Crippen molar-refractivity contribution in [3.05, 3.63) is 58.6 Å². The van der Waals surface area contributed by atoms with Crippen LogP contribution in [0.15, 0.2) is 53.0 Å². The summed E-state index contributed by atoms with van der Waals surface area (Å²) < 4.78 is 0.941. The van der Waals surface area contributed by atoms with Crippen LogP contribution < -0.4 is 21.5 Å². The fourth-order valence-electron chi connectivity index (χ4n) is 1.75. The molecule has 0 saturated carbocycles. The number of hydrogen-bond donors (Lipinski definition) is 4. The van der Waals surface area contributed by atoms with Gasteiger partial charge in [-0.2, -0.15) is 0 Å². The van der Waals surface area contributed by atoms with Crippen LogP contribution in [0.25, 0.3) is 0 Å². The molecule has 0 aliphatic carbocycles. The van der Waals surface area contributed by atoms with E-state index in [2.05, 4.69) is 37.4 Å². The number of carbonyl (C=O) groups is 1. The van der Waals surface area contributed by atoms with Gasteiger partial charge >= 0.3 is 0 Å². The van der Waals surface area contributed by atoms with Crippen molar-refractivity contribution in [1.82, 2.24) is 10.9 Å². The van der Waals surface area contributed by atoms with Crippen LogP contribution in [-0.2, 0) is 4.79 Å². The summed E-state index contributed by atoms with van der Waals surface area (Å²) in [5.74, 6) is -0.219. The first-order valence-electron chi connectivity index (χ1n) is 6.95. The predicted octanol–water partition coefficient (Wildman–Crippen LogP) is 3.19. The molecule has 0 atom stereocenters. The summed E-state index contributed by atoms with van der Waals surface area (Å²) in [4.78, 5) is 11.8. The second kappa shape index (κ2) is 8.50. The van der Waals surface area contributed by atoms with Crippen molar-refractivity contribution in [1.29, 1.82) is 0 Å². The molecule has 2 aromatic carbocycles. The van der Waals surface area contributed by atoms with Crippen LogP contribution in [0, 0.1) is 6.92 Å². The fraction of sp³-hybridized carbons (Fsp3) is 0.125. The van der Waals surface area contributed by atoms with E-state index in [0.717, 1.165) is 15.8 Å². The Morgan fingerprint density at radius 2 is 1.83 bits per heavy atom. The lowest BCUT2D eigenvalue weighted by atomic mass is 10.2. The highest BCUT2D eigenvalue weighted by atomic mass is 79.9. The Kier molecular flexibility index (Phi) is 6.37. The Morgan fingerprint density at radius 1 is 1.09 bits per heavy atom. The van der Waals surface area contributed by atoms with Gasteiger partial charge < -0.3 is 10.6 Å². The third kappa shape index (κ3) is 6.25.